The molecular weight excluding hydrogens is 455 g/mol. The molecule has 0 fully saturated rings. The first kappa shape index (κ1) is 19.8. The lowest BCUT2D eigenvalue weighted by molar-refractivity contribution is -0.172. The molecule has 0 bridgehead atoms. The van der Waals surface area contributed by atoms with Crippen molar-refractivity contribution in [2.45, 2.75) is 38.0 Å². The van der Waals surface area contributed by atoms with Crippen molar-refractivity contribution < 1.29 is 19.1 Å². The Hall–Kier alpha value is -2.87. The Labute approximate surface area is 191 Å². The average molecular weight is 471 g/mol. The van der Waals surface area contributed by atoms with Crippen molar-refractivity contribution in [1.82, 2.24) is 9.55 Å². The van der Waals surface area contributed by atoms with Crippen molar-refractivity contribution >= 4 is 51.0 Å². The molecule has 0 saturated heterocycles. The van der Waals surface area contributed by atoms with Gasteiger partial charge in [-0.25, -0.2) is 9.78 Å². The molecule has 4 aromatic rings. The quantitative estimate of drug-likeness (QED) is 0.306. The van der Waals surface area contributed by atoms with Crippen LogP contribution in [-0.4, -0.2) is 20.6 Å². The van der Waals surface area contributed by atoms with Crippen LogP contribution in [-0.2, 0) is 34.2 Å². The lowest BCUT2D eigenvalue weighted by Crippen LogP contribution is -2.44. The highest BCUT2D eigenvalue weighted by Gasteiger charge is 2.45. The summed E-state index contributed by atoms with van der Waals surface area (Å²) in [5, 5.41) is 13.1. The van der Waals surface area contributed by atoms with Gasteiger partial charge in [0.15, 0.2) is 11.2 Å². The second-order valence-electron chi connectivity index (χ2n) is 8.07. The van der Waals surface area contributed by atoms with Gasteiger partial charge in [0.1, 0.15) is 6.61 Å². The number of halogens is 2. The largest absolute Gasteiger partial charge is 0.463 e. The maximum Gasteiger partial charge on any atom is 0.343 e. The number of fused-ring (bicyclic) bond motifs is 7. The van der Waals surface area contributed by atoms with E-state index in [1.807, 2.05) is 6.07 Å². The number of pyridine rings is 2. The summed E-state index contributed by atoms with van der Waals surface area (Å²) in [5.41, 5.74) is 2.33. The van der Waals surface area contributed by atoms with Crippen molar-refractivity contribution in [3.05, 3.63) is 62.1 Å². The topological polar surface area (TPSA) is 94.6 Å². The first-order valence-electron chi connectivity index (χ1n) is 10.1. The maximum absolute atomic E-state index is 13.4. The van der Waals surface area contributed by atoms with Crippen LogP contribution < -0.4 is 5.56 Å². The number of nitrogens with zero attached hydrogens (tertiary/aromatic N) is 2. The Bertz CT molecular complexity index is 1550. The number of cyclic esters (lactones) is 1. The third kappa shape index (κ3) is 2.33. The van der Waals surface area contributed by atoms with E-state index in [4.69, 9.17) is 37.3 Å². The van der Waals surface area contributed by atoms with E-state index in [0.29, 0.717) is 27.5 Å². The molecule has 0 spiro atoms. The summed E-state index contributed by atoms with van der Waals surface area (Å²) in [6, 6.07) is 5.23. The molecule has 162 valence electrons. The second-order valence-corrected chi connectivity index (χ2v) is 8.74. The lowest BCUT2D eigenvalue weighted by atomic mass is 9.86. The van der Waals surface area contributed by atoms with Crippen LogP contribution in [0.15, 0.2) is 33.7 Å². The second kappa shape index (κ2) is 6.57. The zero-order valence-corrected chi connectivity index (χ0v) is 18.4. The van der Waals surface area contributed by atoms with Gasteiger partial charge in [-0.2, -0.15) is 0 Å². The summed E-state index contributed by atoms with van der Waals surface area (Å²) in [4.78, 5) is 30.5. The predicted octanol–water partition coefficient (Wildman–Crippen LogP) is 4.22. The van der Waals surface area contributed by atoms with E-state index in [-0.39, 0.29) is 42.1 Å². The number of carbonyl (C=O) groups excluding carboxylic acids is 1. The molecule has 0 saturated carbocycles. The van der Waals surface area contributed by atoms with E-state index in [9.17, 15) is 14.7 Å². The number of aliphatic hydroxyl groups is 1. The maximum atomic E-state index is 13.4. The summed E-state index contributed by atoms with van der Waals surface area (Å²) in [6.45, 7) is 1.78. The van der Waals surface area contributed by atoms with Gasteiger partial charge in [-0.15, -0.1) is 11.6 Å². The number of esters is 1. The van der Waals surface area contributed by atoms with Crippen LogP contribution in [0.4, 0.5) is 0 Å². The van der Waals surface area contributed by atoms with Gasteiger partial charge in [-0.05, 0) is 30.2 Å². The third-order valence-electron chi connectivity index (χ3n) is 6.59. The minimum atomic E-state index is -1.87. The molecular formula is C23H16Cl2N2O5. The van der Waals surface area contributed by atoms with Crippen molar-refractivity contribution in [1.29, 1.82) is 0 Å². The number of furan rings is 1. The van der Waals surface area contributed by atoms with Crippen molar-refractivity contribution in [3.8, 4) is 11.4 Å². The Kier molecular flexibility index (Phi) is 4.06. The van der Waals surface area contributed by atoms with Crippen LogP contribution in [0.5, 0.6) is 0 Å². The molecule has 2 aliphatic rings. The number of carbonyl (C=O) groups is 1. The van der Waals surface area contributed by atoms with Crippen LogP contribution in [0.3, 0.4) is 0 Å². The van der Waals surface area contributed by atoms with Gasteiger partial charge in [0.25, 0.3) is 5.56 Å². The Balaban J connectivity index is 1.71. The van der Waals surface area contributed by atoms with E-state index in [2.05, 4.69) is 0 Å². The van der Waals surface area contributed by atoms with Gasteiger partial charge >= 0.3 is 5.97 Å². The standard InChI is InChI=1S/C23H16Cl2N2O5/c1-2-23(30)14-5-17-19-12(8-27(17)21(28)13(14)9-32-22(23)29)11(7-24)18-10-3-4-31-20(10)15(25)6-16(18)26-19/h3-6,30H,2,7-9H2,1H3/t23-/m0/s1. The first-order chi connectivity index (χ1) is 15.4. The molecule has 5 heterocycles. The normalized spacial score (nSPS) is 19.2. The van der Waals surface area contributed by atoms with E-state index in [0.717, 1.165) is 21.9 Å². The van der Waals surface area contributed by atoms with Gasteiger partial charge in [-0.1, -0.05) is 18.5 Å². The summed E-state index contributed by atoms with van der Waals surface area (Å²) < 4.78 is 12.3. The molecule has 0 unspecified atom stereocenters. The smallest absolute Gasteiger partial charge is 0.343 e. The average Bonchev–Trinajstić information content (AvgIpc) is 3.41. The summed E-state index contributed by atoms with van der Waals surface area (Å²) in [7, 11) is 0. The number of aromatic nitrogens is 2. The van der Waals surface area contributed by atoms with Crippen LogP contribution in [0.25, 0.3) is 33.3 Å². The van der Waals surface area contributed by atoms with Gasteiger partial charge in [-0.3, -0.25) is 4.79 Å². The molecule has 9 heteroatoms. The summed E-state index contributed by atoms with van der Waals surface area (Å²) in [6.07, 6.45) is 1.65. The van der Waals surface area contributed by atoms with E-state index in [1.165, 1.54) is 0 Å². The Morgan fingerprint density at radius 1 is 1.28 bits per heavy atom. The molecule has 0 radical (unpaired) electrons. The molecule has 3 aromatic heterocycles. The van der Waals surface area contributed by atoms with Gasteiger partial charge in [0.05, 0.1) is 40.3 Å². The molecule has 2 aliphatic heterocycles. The number of ether oxygens (including phenoxy) is 1. The lowest BCUT2D eigenvalue weighted by Gasteiger charge is -2.31. The van der Waals surface area contributed by atoms with Gasteiger partial charge < -0.3 is 18.8 Å². The molecule has 0 aliphatic carbocycles. The molecule has 0 amide bonds. The summed E-state index contributed by atoms with van der Waals surface area (Å²) in [5.74, 6) is -0.552. The number of benzene rings is 1. The fourth-order valence-corrected chi connectivity index (χ4v) is 5.46. The summed E-state index contributed by atoms with van der Waals surface area (Å²) >= 11 is 12.8. The minimum absolute atomic E-state index is 0.0841. The van der Waals surface area contributed by atoms with E-state index < -0.39 is 11.6 Å². The molecule has 32 heavy (non-hydrogen) atoms. The number of rotatable bonds is 2. The molecule has 1 aromatic carbocycles. The van der Waals surface area contributed by atoms with E-state index >= 15 is 0 Å². The highest BCUT2D eigenvalue weighted by Crippen LogP contribution is 2.43. The molecule has 6 rings (SSSR count). The fraction of sp³-hybridized carbons (Fsp3) is 0.261. The highest BCUT2D eigenvalue weighted by molar-refractivity contribution is 6.37. The molecule has 7 nitrogen and oxygen atoms in total. The van der Waals surface area contributed by atoms with Crippen molar-refractivity contribution in [3.63, 3.8) is 0 Å². The Morgan fingerprint density at radius 2 is 2.09 bits per heavy atom. The predicted molar refractivity (Wildman–Crippen MR) is 119 cm³/mol. The highest BCUT2D eigenvalue weighted by atomic mass is 35.5. The van der Waals surface area contributed by atoms with Crippen molar-refractivity contribution in [2.24, 2.45) is 0 Å². The first-order valence-corrected chi connectivity index (χ1v) is 11.0. The van der Waals surface area contributed by atoms with Gasteiger partial charge in [0, 0.05) is 27.8 Å². The van der Waals surface area contributed by atoms with Crippen molar-refractivity contribution in [2.75, 3.05) is 0 Å². The van der Waals surface area contributed by atoms with Crippen LogP contribution in [0.1, 0.15) is 35.6 Å². The zero-order chi connectivity index (χ0) is 22.4. The van der Waals surface area contributed by atoms with Gasteiger partial charge in [0.2, 0.25) is 0 Å². The zero-order valence-electron chi connectivity index (χ0n) is 16.9. The molecule has 1 atom stereocenters. The molecule has 1 N–H and O–H groups in total. The number of alkyl halides is 1. The number of hydrogen-bond acceptors (Lipinski definition) is 6. The monoisotopic (exact) mass is 470 g/mol. The van der Waals surface area contributed by atoms with Crippen LogP contribution in [0, 0.1) is 0 Å². The fourth-order valence-electron chi connectivity index (χ4n) is 4.91. The number of hydrogen-bond donors (Lipinski definition) is 1. The third-order valence-corrected chi connectivity index (χ3v) is 7.14. The Morgan fingerprint density at radius 3 is 2.84 bits per heavy atom. The van der Waals surface area contributed by atoms with E-state index in [1.54, 1.807) is 29.9 Å². The van der Waals surface area contributed by atoms with Crippen LogP contribution in [0.2, 0.25) is 5.02 Å². The SMILES string of the molecule is CC[C@@]1(O)C(=O)OCc2c1cc1n(c2=O)Cc2c-1nc1cc(Cl)c3occc3c1c2CCl. The minimum Gasteiger partial charge on any atom is -0.463 e. The van der Waals surface area contributed by atoms with Crippen LogP contribution >= 0.6 is 23.2 Å².